The molecular weight excluding hydrogens is 381 g/mol. The van der Waals surface area contributed by atoms with Gasteiger partial charge in [-0.25, -0.2) is 0 Å². The van der Waals surface area contributed by atoms with Crippen LogP contribution >= 0.6 is 34.2 Å². The molecule has 3 nitrogen and oxygen atoms in total. The smallest absolute Gasteiger partial charge is 0.300 e. The summed E-state index contributed by atoms with van der Waals surface area (Å²) in [7, 11) is 1.48. The zero-order chi connectivity index (χ0) is 13.5. The van der Waals surface area contributed by atoms with Crippen LogP contribution in [-0.2, 0) is 0 Å². The molecule has 1 heterocycles. The Morgan fingerprint density at radius 1 is 1.39 bits per heavy atom. The quantitative estimate of drug-likeness (QED) is 0.685. The molecule has 1 aliphatic heterocycles. The summed E-state index contributed by atoms with van der Waals surface area (Å²) >= 11 is 8.03. The Bertz CT molecular complexity index is 504. The Morgan fingerprint density at radius 2 is 2.06 bits per heavy atom. The van der Waals surface area contributed by atoms with Crippen molar-refractivity contribution in [1.82, 2.24) is 5.01 Å². The number of rotatable bonds is 1. The number of hydrogen-bond donors (Lipinski definition) is 0. The standard InChI is InChI=1S/C10H8ClF3IN3/c1-17-5-18(9(16-17)10(12,13)14)8-3-2-6(15)4-7(8)11/h2-4H,5H2,1H3. The molecule has 8 heteroatoms. The molecule has 0 fully saturated rings. The fourth-order valence-electron chi connectivity index (χ4n) is 1.62. The lowest BCUT2D eigenvalue weighted by atomic mass is 10.3. The molecule has 1 aromatic carbocycles. The molecule has 18 heavy (non-hydrogen) atoms. The van der Waals surface area contributed by atoms with Crippen LogP contribution in [0.4, 0.5) is 18.9 Å². The van der Waals surface area contributed by atoms with Crippen LogP contribution in [0.5, 0.6) is 0 Å². The summed E-state index contributed by atoms with van der Waals surface area (Å²) in [6.07, 6.45) is -4.50. The van der Waals surface area contributed by atoms with Crippen molar-refractivity contribution < 1.29 is 13.2 Å². The van der Waals surface area contributed by atoms with Gasteiger partial charge in [-0.1, -0.05) is 11.6 Å². The fourth-order valence-corrected chi connectivity index (χ4v) is 2.58. The summed E-state index contributed by atoms with van der Waals surface area (Å²) in [5.41, 5.74) is 0.303. The molecule has 1 aromatic rings. The van der Waals surface area contributed by atoms with Crippen molar-refractivity contribution >= 4 is 45.7 Å². The van der Waals surface area contributed by atoms with Crippen molar-refractivity contribution in [2.75, 3.05) is 18.6 Å². The van der Waals surface area contributed by atoms with Crippen LogP contribution in [-0.4, -0.2) is 30.7 Å². The second kappa shape index (κ2) is 4.76. The molecule has 0 unspecified atom stereocenters. The molecule has 0 radical (unpaired) electrons. The van der Waals surface area contributed by atoms with Gasteiger partial charge in [-0.2, -0.15) is 18.3 Å². The number of anilines is 1. The average Bonchev–Trinajstić information content (AvgIpc) is 2.59. The summed E-state index contributed by atoms with van der Waals surface area (Å²) in [6, 6.07) is 4.88. The van der Waals surface area contributed by atoms with E-state index in [0.29, 0.717) is 5.69 Å². The molecular formula is C10H8ClF3IN3. The van der Waals surface area contributed by atoms with Gasteiger partial charge in [-0.3, -0.25) is 9.91 Å². The first-order valence-corrected chi connectivity index (χ1v) is 6.34. The van der Waals surface area contributed by atoms with Gasteiger partial charge in [0.25, 0.3) is 0 Å². The van der Waals surface area contributed by atoms with Crippen LogP contribution in [0.1, 0.15) is 0 Å². The highest BCUT2D eigenvalue weighted by Crippen LogP contribution is 2.33. The van der Waals surface area contributed by atoms with Crippen molar-refractivity contribution in [2.45, 2.75) is 6.18 Å². The average molecular weight is 390 g/mol. The van der Waals surface area contributed by atoms with E-state index in [-0.39, 0.29) is 11.7 Å². The summed E-state index contributed by atoms with van der Waals surface area (Å²) in [5.74, 6) is -0.951. The fraction of sp³-hybridized carbons (Fsp3) is 0.300. The van der Waals surface area contributed by atoms with Gasteiger partial charge < -0.3 is 0 Å². The van der Waals surface area contributed by atoms with Gasteiger partial charge in [0.2, 0.25) is 5.84 Å². The van der Waals surface area contributed by atoms with E-state index < -0.39 is 12.0 Å². The molecule has 0 spiro atoms. The highest BCUT2D eigenvalue weighted by Gasteiger charge is 2.44. The van der Waals surface area contributed by atoms with Crippen molar-refractivity contribution in [1.29, 1.82) is 0 Å². The zero-order valence-electron chi connectivity index (χ0n) is 9.17. The van der Waals surface area contributed by atoms with Gasteiger partial charge in [0.05, 0.1) is 10.7 Å². The molecule has 0 saturated carbocycles. The molecule has 2 rings (SSSR count). The molecule has 0 aromatic heterocycles. The Morgan fingerprint density at radius 3 is 2.61 bits per heavy atom. The molecule has 0 bridgehead atoms. The summed E-state index contributed by atoms with van der Waals surface area (Å²) in [4.78, 5) is 1.05. The third-order valence-electron chi connectivity index (χ3n) is 2.32. The molecule has 1 aliphatic rings. The van der Waals surface area contributed by atoms with Crippen molar-refractivity contribution in [3.8, 4) is 0 Å². The number of amidine groups is 1. The molecule has 0 saturated heterocycles. The molecule has 0 aliphatic carbocycles. The number of nitrogens with zero attached hydrogens (tertiary/aromatic N) is 3. The third kappa shape index (κ3) is 2.66. The van der Waals surface area contributed by atoms with Crippen LogP contribution in [0.25, 0.3) is 0 Å². The predicted octanol–water partition coefficient (Wildman–Crippen LogP) is 3.53. The summed E-state index contributed by atoms with van der Waals surface area (Å²) in [5, 5.41) is 4.96. The van der Waals surface area contributed by atoms with Crippen LogP contribution < -0.4 is 4.90 Å². The van der Waals surface area contributed by atoms with Gasteiger partial charge in [-0.05, 0) is 40.8 Å². The van der Waals surface area contributed by atoms with E-state index in [4.69, 9.17) is 11.6 Å². The number of hydrogen-bond acceptors (Lipinski definition) is 3. The number of halogens is 5. The van der Waals surface area contributed by atoms with E-state index in [1.165, 1.54) is 12.1 Å². The van der Waals surface area contributed by atoms with E-state index >= 15 is 0 Å². The minimum absolute atomic E-state index is 0.0230. The highest BCUT2D eigenvalue weighted by molar-refractivity contribution is 14.1. The maximum atomic E-state index is 12.8. The molecule has 98 valence electrons. The van der Waals surface area contributed by atoms with Crippen LogP contribution in [0.15, 0.2) is 23.3 Å². The third-order valence-corrected chi connectivity index (χ3v) is 3.29. The van der Waals surface area contributed by atoms with E-state index in [0.717, 1.165) is 8.47 Å². The number of benzene rings is 1. The Balaban J connectivity index is 2.42. The maximum absolute atomic E-state index is 12.8. The monoisotopic (exact) mass is 389 g/mol. The van der Waals surface area contributed by atoms with Gasteiger partial charge in [-0.15, -0.1) is 0 Å². The van der Waals surface area contributed by atoms with Crippen LogP contribution in [0.3, 0.4) is 0 Å². The molecule has 0 N–H and O–H groups in total. The lowest BCUT2D eigenvalue weighted by molar-refractivity contribution is -0.0599. The summed E-state index contributed by atoms with van der Waals surface area (Å²) in [6.45, 7) is 0.0230. The Labute approximate surface area is 120 Å². The van der Waals surface area contributed by atoms with E-state index in [2.05, 4.69) is 5.10 Å². The normalized spacial score (nSPS) is 16.2. The minimum atomic E-state index is -4.50. The van der Waals surface area contributed by atoms with E-state index in [1.807, 2.05) is 22.6 Å². The van der Waals surface area contributed by atoms with E-state index in [1.54, 1.807) is 18.2 Å². The maximum Gasteiger partial charge on any atom is 0.451 e. The van der Waals surface area contributed by atoms with Gasteiger partial charge in [0, 0.05) is 10.6 Å². The minimum Gasteiger partial charge on any atom is -0.300 e. The highest BCUT2D eigenvalue weighted by atomic mass is 127. The van der Waals surface area contributed by atoms with Crippen molar-refractivity contribution in [2.24, 2.45) is 5.10 Å². The Hall–Kier alpha value is -0.700. The first kappa shape index (κ1) is 13.7. The van der Waals surface area contributed by atoms with Gasteiger partial charge >= 0.3 is 6.18 Å². The Kier molecular flexibility index (Phi) is 3.63. The van der Waals surface area contributed by atoms with Crippen LogP contribution in [0, 0.1) is 3.57 Å². The lowest BCUT2D eigenvalue weighted by Gasteiger charge is -2.22. The lowest BCUT2D eigenvalue weighted by Crippen LogP contribution is -2.39. The molecule has 0 atom stereocenters. The number of alkyl halides is 3. The topological polar surface area (TPSA) is 18.8 Å². The van der Waals surface area contributed by atoms with Crippen LogP contribution in [0.2, 0.25) is 5.02 Å². The van der Waals surface area contributed by atoms with Gasteiger partial charge in [0.1, 0.15) is 6.67 Å². The van der Waals surface area contributed by atoms with Crippen molar-refractivity contribution in [3.63, 3.8) is 0 Å². The summed E-state index contributed by atoms with van der Waals surface area (Å²) < 4.78 is 39.4. The van der Waals surface area contributed by atoms with Crippen molar-refractivity contribution in [3.05, 3.63) is 26.8 Å². The second-order valence-electron chi connectivity index (χ2n) is 3.74. The van der Waals surface area contributed by atoms with Gasteiger partial charge in [0.15, 0.2) is 0 Å². The first-order chi connectivity index (χ1) is 8.29. The van der Waals surface area contributed by atoms with E-state index in [9.17, 15) is 13.2 Å². The second-order valence-corrected chi connectivity index (χ2v) is 5.40. The molecule has 0 amide bonds. The SMILES string of the molecule is CN1CN(c2ccc(I)cc2Cl)C(C(F)(F)F)=N1. The predicted molar refractivity (Wildman–Crippen MR) is 72.8 cm³/mol. The zero-order valence-corrected chi connectivity index (χ0v) is 12.1. The first-order valence-electron chi connectivity index (χ1n) is 4.88. The number of hydrazone groups is 1. The largest absolute Gasteiger partial charge is 0.451 e.